The molecular formula is C11H9NO3. The van der Waals surface area contributed by atoms with Crippen molar-refractivity contribution in [1.29, 1.82) is 0 Å². The van der Waals surface area contributed by atoms with Gasteiger partial charge in [-0.15, -0.1) is 0 Å². The van der Waals surface area contributed by atoms with E-state index in [1.54, 1.807) is 24.3 Å². The van der Waals surface area contributed by atoms with Gasteiger partial charge in [0.25, 0.3) is 0 Å². The summed E-state index contributed by atoms with van der Waals surface area (Å²) < 4.78 is 0. The Bertz CT molecular complexity index is 430. The molecule has 1 N–H and O–H groups in total. The van der Waals surface area contributed by atoms with Gasteiger partial charge in [0, 0.05) is 18.1 Å². The van der Waals surface area contributed by atoms with E-state index in [0.29, 0.717) is 11.1 Å². The van der Waals surface area contributed by atoms with Crippen LogP contribution in [0.2, 0.25) is 0 Å². The second-order valence-corrected chi connectivity index (χ2v) is 3.41. The number of carbonyl (C=O) groups is 3. The predicted octanol–water partition coefficient (Wildman–Crippen LogP) is 0.570. The van der Waals surface area contributed by atoms with E-state index in [2.05, 4.69) is 5.32 Å². The Morgan fingerprint density at radius 1 is 1.13 bits per heavy atom. The summed E-state index contributed by atoms with van der Waals surface area (Å²) in [5, 5.41) is 2.35. The van der Waals surface area contributed by atoms with E-state index in [1.807, 2.05) is 0 Å². The number of nitrogens with one attached hydrogen (secondary N) is 1. The van der Waals surface area contributed by atoms with Crippen LogP contribution in [0.25, 0.3) is 0 Å². The van der Waals surface area contributed by atoms with Crippen molar-refractivity contribution in [2.45, 2.75) is 13.0 Å². The Morgan fingerprint density at radius 2 is 1.60 bits per heavy atom. The lowest BCUT2D eigenvalue weighted by Gasteiger charge is -2.06. The lowest BCUT2D eigenvalue weighted by Crippen LogP contribution is -2.41. The third-order valence-electron chi connectivity index (χ3n) is 2.33. The number of benzene rings is 1. The van der Waals surface area contributed by atoms with E-state index < -0.39 is 6.04 Å². The van der Waals surface area contributed by atoms with Crippen molar-refractivity contribution in [2.75, 3.05) is 0 Å². The zero-order valence-corrected chi connectivity index (χ0v) is 8.11. The maximum absolute atomic E-state index is 11.7. The number of rotatable bonds is 1. The molecule has 0 radical (unpaired) electrons. The minimum Gasteiger partial charge on any atom is -0.339 e. The highest BCUT2D eigenvalue weighted by Crippen LogP contribution is 2.21. The predicted molar refractivity (Wildman–Crippen MR) is 52.7 cm³/mol. The van der Waals surface area contributed by atoms with Crippen LogP contribution in [-0.4, -0.2) is 23.5 Å². The molecule has 0 atom stereocenters. The van der Waals surface area contributed by atoms with Crippen LogP contribution >= 0.6 is 0 Å². The molecule has 1 aromatic carbocycles. The monoisotopic (exact) mass is 203 g/mol. The first-order valence-electron chi connectivity index (χ1n) is 4.56. The normalized spacial score (nSPS) is 15.3. The van der Waals surface area contributed by atoms with Crippen LogP contribution in [0.5, 0.6) is 0 Å². The van der Waals surface area contributed by atoms with Gasteiger partial charge in [0.15, 0.2) is 17.6 Å². The Morgan fingerprint density at radius 3 is 2.00 bits per heavy atom. The van der Waals surface area contributed by atoms with E-state index >= 15 is 0 Å². The zero-order valence-electron chi connectivity index (χ0n) is 8.11. The number of amides is 1. The molecule has 0 unspecified atom stereocenters. The number of Topliss-reactive ketones (excluding diaryl/α,β-unsaturated/α-hetero) is 2. The molecule has 1 aliphatic rings. The molecule has 0 fully saturated rings. The van der Waals surface area contributed by atoms with Crippen LogP contribution in [0, 0.1) is 0 Å². The van der Waals surface area contributed by atoms with Gasteiger partial charge in [0.2, 0.25) is 5.91 Å². The van der Waals surface area contributed by atoms with Gasteiger partial charge < -0.3 is 5.32 Å². The van der Waals surface area contributed by atoms with E-state index in [1.165, 1.54) is 6.92 Å². The summed E-state index contributed by atoms with van der Waals surface area (Å²) in [5.74, 6) is -1.04. The Hall–Kier alpha value is -1.97. The molecule has 1 amide bonds. The molecule has 2 rings (SSSR count). The molecule has 0 aromatic heterocycles. The summed E-state index contributed by atoms with van der Waals surface area (Å²) in [4.78, 5) is 34.2. The topological polar surface area (TPSA) is 63.2 Å². The van der Waals surface area contributed by atoms with Gasteiger partial charge in [-0.1, -0.05) is 24.3 Å². The van der Waals surface area contributed by atoms with Crippen LogP contribution < -0.4 is 5.32 Å². The van der Waals surface area contributed by atoms with E-state index in [4.69, 9.17) is 0 Å². The molecule has 0 aliphatic heterocycles. The highest BCUT2D eigenvalue weighted by atomic mass is 16.2. The molecule has 0 heterocycles. The average Bonchev–Trinajstić information content (AvgIpc) is 2.44. The lowest BCUT2D eigenvalue weighted by atomic mass is 10.1. The maximum atomic E-state index is 11.7. The number of hydrogen-bond acceptors (Lipinski definition) is 3. The third-order valence-corrected chi connectivity index (χ3v) is 2.33. The number of fused-ring (bicyclic) bond motifs is 1. The Balaban J connectivity index is 2.41. The fourth-order valence-electron chi connectivity index (χ4n) is 1.68. The van der Waals surface area contributed by atoms with E-state index in [-0.39, 0.29) is 17.5 Å². The van der Waals surface area contributed by atoms with Gasteiger partial charge >= 0.3 is 0 Å². The zero-order chi connectivity index (χ0) is 11.0. The standard InChI is InChI=1S/C11H9NO3/c1-6(13)12-9-10(14)7-4-2-3-5-8(7)11(9)15/h2-5,9H,1H3,(H,12,13). The van der Waals surface area contributed by atoms with Crippen LogP contribution in [-0.2, 0) is 4.79 Å². The van der Waals surface area contributed by atoms with Crippen molar-refractivity contribution >= 4 is 17.5 Å². The van der Waals surface area contributed by atoms with E-state index in [0.717, 1.165) is 0 Å². The van der Waals surface area contributed by atoms with Crippen LogP contribution in [0.15, 0.2) is 24.3 Å². The second kappa shape index (κ2) is 3.31. The molecule has 76 valence electrons. The maximum Gasteiger partial charge on any atom is 0.217 e. The van der Waals surface area contributed by atoms with Crippen molar-refractivity contribution in [3.05, 3.63) is 35.4 Å². The molecule has 4 nitrogen and oxygen atoms in total. The highest BCUT2D eigenvalue weighted by molar-refractivity contribution is 6.30. The first-order valence-corrected chi connectivity index (χ1v) is 4.56. The van der Waals surface area contributed by atoms with Crippen molar-refractivity contribution in [1.82, 2.24) is 5.32 Å². The molecule has 0 saturated carbocycles. The fraction of sp³-hybridized carbons (Fsp3) is 0.182. The SMILES string of the molecule is CC(=O)NC1C(=O)c2ccccc2C1=O. The minimum atomic E-state index is -1.03. The van der Waals surface area contributed by atoms with Crippen LogP contribution in [0.3, 0.4) is 0 Å². The largest absolute Gasteiger partial charge is 0.339 e. The molecule has 1 aromatic rings. The van der Waals surface area contributed by atoms with Gasteiger partial charge in [-0.25, -0.2) is 0 Å². The molecule has 0 spiro atoms. The summed E-state index contributed by atoms with van der Waals surface area (Å²) in [7, 11) is 0. The Kier molecular flexibility index (Phi) is 2.11. The second-order valence-electron chi connectivity index (χ2n) is 3.41. The highest BCUT2D eigenvalue weighted by Gasteiger charge is 2.38. The number of hydrogen-bond donors (Lipinski definition) is 1. The molecule has 0 bridgehead atoms. The van der Waals surface area contributed by atoms with Gasteiger partial charge in [0.05, 0.1) is 0 Å². The summed E-state index contributed by atoms with van der Waals surface area (Å²) in [6.07, 6.45) is 0. The van der Waals surface area contributed by atoms with Crippen molar-refractivity contribution in [3.63, 3.8) is 0 Å². The Labute approximate surface area is 86.3 Å². The van der Waals surface area contributed by atoms with Crippen LogP contribution in [0.4, 0.5) is 0 Å². The third kappa shape index (κ3) is 1.44. The van der Waals surface area contributed by atoms with Crippen LogP contribution in [0.1, 0.15) is 27.6 Å². The quantitative estimate of drug-likeness (QED) is 0.679. The molecule has 15 heavy (non-hydrogen) atoms. The summed E-state index contributed by atoms with van der Waals surface area (Å²) in [6, 6.07) is 5.55. The summed E-state index contributed by atoms with van der Waals surface area (Å²) in [5.41, 5.74) is 0.780. The first-order chi connectivity index (χ1) is 7.11. The molecule has 4 heteroatoms. The van der Waals surface area contributed by atoms with Crippen molar-refractivity contribution in [2.24, 2.45) is 0 Å². The minimum absolute atomic E-state index is 0.328. The molecule has 0 saturated heterocycles. The van der Waals surface area contributed by atoms with Gasteiger partial charge in [-0.05, 0) is 0 Å². The van der Waals surface area contributed by atoms with Gasteiger partial charge in [0.1, 0.15) is 0 Å². The average molecular weight is 203 g/mol. The lowest BCUT2D eigenvalue weighted by molar-refractivity contribution is -0.119. The molecule has 1 aliphatic carbocycles. The number of ketones is 2. The smallest absolute Gasteiger partial charge is 0.217 e. The first kappa shape index (κ1) is 9.58. The van der Waals surface area contributed by atoms with Crippen molar-refractivity contribution < 1.29 is 14.4 Å². The number of carbonyl (C=O) groups excluding carboxylic acids is 3. The van der Waals surface area contributed by atoms with Gasteiger partial charge in [-0.2, -0.15) is 0 Å². The summed E-state index contributed by atoms with van der Waals surface area (Å²) in [6.45, 7) is 1.28. The molecular weight excluding hydrogens is 194 g/mol. The fourth-order valence-corrected chi connectivity index (χ4v) is 1.68. The summed E-state index contributed by atoms with van der Waals surface area (Å²) >= 11 is 0. The van der Waals surface area contributed by atoms with Gasteiger partial charge in [-0.3, -0.25) is 14.4 Å². The van der Waals surface area contributed by atoms with Crippen molar-refractivity contribution in [3.8, 4) is 0 Å². The van der Waals surface area contributed by atoms with E-state index in [9.17, 15) is 14.4 Å².